The molecule has 1 saturated heterocycles. The van der Waals surface area contributed by atoms with Gasteiger partial charge in [-0.05, 0) is 60.6 Å². The molecule has 1 fully saturated rings. The normalized spacial score (nSPS) is 14.4. The molecule has 0 bridgehead atoms. The molecule has 3 aromatic rings. The number of alkyl halides is 6. The van der Waals surface area contributed by atoms with Crippen LogP contribution >= 0.6 is 11.8 Å². The first-order chi connectivity index (χ1) is 17.8. The summed E-state index contributed by atoms with van der Waals surface area (Å²) in [7, 11) is 0. The highest BCUT2D eigenvalue weighted by molar-refractivity contribution is 8.00. The highest BCUT2D eigenvalue weighted by atomic mass is 32.2. The number of benzene rings is 2. The number of aromatic nitrogens is 2. The van der Waals surface area contributed by atoms with E-state index in [0.29, 0.717) is 41.7 Å². The average molecular weight is 561 g/mol. The lowest BCUT2D eigenvalue weighted by Crippen LogP contribution is -2.51. The summed E-state index contributed by atoms with van der Waals surface area (Å²) in [4.78, 5) is 26.6. The van der Waals surface area contributed by atoms with Gasteiger partial charge in [0.15, 0.2) is 0 Å². The second-order valence-electron chi connectivity index (χ2n) is 8.78. The lowest BCUT2D eigenvalue weighted by atomic mass is 9.99. The minimum Gasteiger partial charge on any atom is -0.406 e. The Labute approximate surface area is 217 Å². The SMILES string of the molecule is Cc1cc2nn(CC3CN(C(=O)c4ccc(OC(F)(F)F)cc4)C3)cc2cc1C(=O)NCCSC(F)(F)F. The number of carbonyl (C=O) groups is 2. The molecule has 0 aliphatic carbocycles. The first-order valence-corrected chi connectivity index (χ1v) is 12.4. The van der Waals surface area contributed by atoms with E-state index in [1.54, 1.807) is 34.8 Å². The first-order valence-electron chi connectivity index (χ1n) is 11.4. The maximum Gasteiger partial charge on any atom is 0.573 e. The second-order valence-corrected chi connectivity index (χ2v) is 9.94. The molecule has 0 spiro atoms. The zero-order valence-electron chi connectivity index (χ0n) is 19.9. The van der Waals surface area contributed by atoms with E-state index in [9.17, 15) is 35.9 Å². The predicted molar refractivity (Wildman–Crippen MR) is 128 cm³/mol. The molecule has 2 heterocycles. The molecule has 1 aliphatic heterocycles. The fraction of sp³-hybridized carbons (Fsp3) is 0.375. The van der Waals surface area contributed by atoms with Gasteiger partial charge >= 0.3 is 11.9 Å². The molecular formula is C24H22F6N4O3S. The lowest BCUT2D eigenvalue weighted by molar-refractivity contribution is -0.274. The molecular weight excluding hydrogens is 538 g/mol. The van der Waals surface area contributed by atoms with E-state index >= 15 is 0 Å². The Morgan fingerprint density at radius 1 is 1.11 bits per heavy atom. The van der Waals surface area contributed by atoms with E-state index in [1.165, 1.54) is 12.1 Å². The fourth-order valence-corrected chi connectivity index (χ4v) is 4.52. The van der Waals surface area contributed by atoms with E-state index in [2.05, 4.69) is 15.2 Å². The number of fused-ring (bicyclic) bond motifs is 1. The Morgan fingerprint density at radius 3 is 2.42 bits per heavy atom. The highest BCUT2D eigenvalue weighted by Gasteiger charge is 2.33. The van der Waals surface area contributed by atoms with Crippen LogP contribution in [0.3, 0.4) is 0 Å². The van der Waals surface area contributed by atoms with Crippen LogP contribution in [0.4, 0.5) is 26.3 Å². The van der Waals surface area contributed by atoms with Gasteiger partial charge in [0.2, 0.25) is 0 Å². The molecule has 1 aliphatic rings. The Hall–Kier alpha value is -3.42. The van der Waals surface area contributed by atoms with Crippen molar-refractivity contribution in [3.05, 3.63) is 59.3 Å². The van der Waals surface area contributed by atoms with Crippen LogP contribution in [-0.4, -0.2) is 63.8 Å². The molecule has 204 valence electrons. The topological polar surface area (TPSA) is 76.5 Å². The van der Waals surface area contributed by atoms with Gasteiger partial charge in [0.25, 0.3) is 11.8 Å². The van der Waals surface area contributed by atoms with Crippen LogP contribution < -0.4 is 10.1 Å². The van der Waals surface area contributed by atoms with Crippen molar-refractivity contribution in [3.63, 3.8) is 0 Å². The molecule has 2 aromatic carbocycles. The van der Waals surface area contributed by atoms with Crippen LogP contribution in [0.1, 0.15) is 26.3 Å². The van der Waals surface area contributed by atoms with Crippen LogP contribution in [0, 0.1) is 12.8 Å². The largest absolute Gasteiger partial charge is 0.573 e. The Balaban J connectivity index is 1.31. The highest BCUT2D eigenvalue weighted by Crippen LogP contribution is 2.29. The third-order valence-electron chi connectivity index (χ3n) is 5.82. The van der Waals surface area contributed by atoms with Gasteiger partial charge in [-0.3, -0.25) is 14.3 Å². The molecule has 1 N–H and O–H groups in total. The van der Waals surface area contributed by atoms with Crippen LogP contribution in [0.25, 0.3) is 10.9 Å². The Kier molecular flexibility index (Phi) is 7.81. The predicted octanol–water partition coefficient (Wildman–Crippen LogP) is 5.00. The van der Waals surface area contributed by atoms with Gasteiger partial charge in [-0.25, -0.2) is 0 Å². The lowest BCUT2D eigenvalue weighted by Gasteiger charge is -2.39. The summed E-state index contributed by atoms with van der Waals surface area (Å²) in [5.74, 6) is -1.35. The van der Waals surface area contributed by atoms with E-state index in [4.69, 9.17) is 0 Å². The van der Waals surface area contributed by atoms with Crippen LogP contribution in [0.15, 0.2) is 42.6 Å². The number of hydrogen-bond donors (Lipinski definition) is 1. The van der Waals surface area contributed by atoms with Gasteiger partial charge < -0.3 is 15.0 Å². The number of aryl methyl sites for hydroxylation is 1. The summed E-state index contributed by atoms with van der Waals surface area (Å²) < 4.78 is 79.1. The van der Waals surface area contributed by atoms with Gasteiger partial charge in [-0.2, -0.15) is 18.3 Å². The number of halogens is 6. The number of carbonyl (C=O) groups excluding carboxylic acids is 2. The van der Waals surface area contributed by atoms with Crippen molar-refractivity contribution < 1.29 is 40.7 Å². The second kappa shape index (κ2) is 10.8. The molecule has 2 amide bonds. The van der Waals surface area contributed by atoms with Gasteiger partial charge in [0, 0.05) is 60.6 Å². The van der Waals surface area contributed by atoms with E-state index in [-0.39, 0.29) is 41.4 Å². The van der Waals surface area contributed by atoms with E-state index in [0.717, 1.165) is 12.1 Å². The van der Waals surface area contributed by atoms with Crippen LogP contribution in [0.5, 0.6) is 5.75 Å². The summed E-state index contributed by atoms with van der Waals surface area (Å²) >= 11 is -0.198. The van der Waals surface area contributed by atoms with Crippen molar-refractivity contribution in [3.8, 4) is 5.75 Å². The quantitative estimate of drug-likeness (QED) is 0.310. The number of thioether (sulfide) groups is 1. The van der Waals surface area contributed by atoms with Crippen LogP contribution in [0.2, 0.25) is 0 Å². The Morgan fingerprint density at radius 2 is 1.79 bits per heavy atom. The summed E-state index contributed by atoms with van der Waals surface area (Å²) in [6.07, 6.45) is -3.05. The van der Waals surface area contributed by atoms with Crippen molar-refractivity contribution in [2.45, 2.75) is 25.3 Å². The third-order valence-corrected chi connectivity index (χ3v) is 6.56. The molecule has 14 heteroatoms. The molecule has 0 atom stereocenters. The van der Waals surface area contributed by atoms with Gasteiger partial charge in [-0.15, -0.1) is 13.2 Å². The van der Waals surface area contributed by atoms with E-state index in [1.807, 2.05) is 0 Å². The minimum atomic E-state index is -4.81. The maximum atomic E-state index is 12.6. The minimum absolute atomic E-state index is 0.107. The number of likely N-dealkylation sites (tertiary alicyclic amines) is 1. The van der Waals surface area contributed by atoms with Crippen molar-refractivity contribution in [2.75, 3.05) is 25.4 Å². The molecule has 38 heavy (non-hydrogen) atoms. The zero-order valence-corrected chi connectivity index (χ0v) is 20.7. The molecule has 0 radical (unpaired) electrons. The number of rotatable bonds is 8. The zero-order chi connectivity index (χ0) is 27.7. The third kappa shape index (κ3) is 7.11. The molecule has 4 rings (SSSR count). The molecule has 0 saturated carbocycles. The Bertz CT molecular complexity index is 1320. The summed E-state index contributed by atoms with van der Waals surface area (Å²) in [6, 6.07) is 8.11. The maximum absolute atomic E-state index is 12.6. The first kappa shape index (κ1) is 27.6. The van der Waals surface area contributed by atoms with Crippen molar-refractivity contribution in [1.82, 2.24) is 20.0 Å². The van der Waals surface area contributed by atoms with Gasteiger partial charge in [0.1, 0.15) is 5.75 Å². The van der Waals surface area contributed by atoms with Crippen molar-refractivity contribution >= 4 is 34.5 Å². The van der Waals surface area contributed by atoms with Gasteiger partial charge in [0.05, 0.1) is 5.52 Å². The number of amides is 2. The standard InChI is InChI=1S/C24H22F6N4O3S/c1-14-8-20-17(9-19(14)21(35)31-6-7-38-24(28,29)30)13-34(32-20)12-15-10-33(11-15)22(36)16-2-4-18(5-3-16)37-23(25,26)27/h2-5,8-9,13,15H,6-7,10-12H2,1H3,(H,31,35). The van der Waals surface area contributed by atoms with Gasteiger partial charge in [-0.1, -0.05) is 0 Å². The molecule has 7 nitrogen and oxygen atoms in total. The average Bonchev–Trinajstić information content (AvgIpc) is 3.17. The smallest absolute Gasteiger partial charge is 0.406 e. The number of hydrogen-bond acceptors (Lipinski definition) is 5. The number of ether oxygens (including phenoxy) is 1. The molecule has 1 aromatic heterocycles. The number of nitrogens with zero attached hydrogens (tertiary/aromatic N) is 3. The van der Waals surface area contributed by atoms with Crippen LogP contribution in [-0.2, 0) is 6.54 Å². The summed E-state index contributed by atoms with van der Waals surface area (Å²) in [6.45, 7) is 2.99. The van der Waals surface area contributed by atoms with E-state index < -0.39 is 23.5 Å². The van der Waals surface area contributed by atoms with Crippen molar-refractivity contribution in [1.29, 1.82) is 0 Å². The molecule has 0 unspecified atom stereocenters. The fourth-order valence-electron chi connectivity index (χ4n) is 4.09. The monoisotopic (exact) mass is 560 g/mol. The van der Waals surface area contributed by atoms with Crippen molar-refractivity contribution in [2.24, 2.45) is 5.92 Å². The summed E-state index contributed by atoms with van der Waals surface area (Å²) in [5.41, 5.74) is -2.46. The summed E-state index contributed by atoms with van der Waals surface area (Å²) in [5, 5.41) is 7.70. The number of nitrogens with one attached hydrogen (secondary N) is 1.